The van der Waals surface area contributed by atoms with Gasteiger partial charge >= 0.3 is 0 Å². The number of hydrogen-bond acceptors (Lipinski definition) is 6. The summed E-state index contributed by atoms with van der Waals surface area (Å²) in [7, 11) is 0. The number of likely N-dealkylation sites (tertiary alicyclic amines) is 1. The number of carbonyl (C=O) groups excluding carboxylic acids is 2. The molecule has 1 fully saturated rings. The van der Waals surface area contributed by atoms with Gasteiger partial charge in [-0.3, -0.25) is 14.6 Å². The fraction of sp³-hybridized carbons (Fsp3) is 0.167. The molecule has 5 rings (SSSR count). The van der Waals surface area contributed by atoms with Crippen molar-refractivity contribution in [2.24, 2.45) is 0 Å². The van der Waals surface area contributed by atoms with E-state index in [0.717, 1.165) is 16.7 Å². The highest BCUT2D eigenvalue weighted by Crippen LogP contribution is 2.41. The summed E-state index contributed by atoms with van der Waals surface area (Å²) in [4.78, 5) is 31.8. The van der Waals surface area contributed by atoms with Gasteiger partial charge in [0.1, 0.15) is 35.7 Å². The van der Waals surface area contributed by atoms with E-state index in [1.165, 1.54) is 4.90 Å². The molecule has 1 amide bonds. The summed E-state index contributed by atoms with van der Waals surface area (Å²) in [6.45, 7) is 4.37. The molecule has 0 aliphatic carbocycles. The number of aromatic nitrogens is 1. The van der Waals surface area contributed by atoms with Crippen LogP contribution in [0.1, 0.15) is 39.8 Å². The van der Waals surface area contributed by atoms with Crippen LogP contribution in [-0.2, 0) is 22.7 Å². The molecule has 186 valence electrons. The molecule has 1 unspecified atom stereocenters. The monoisotopic (exact) mass is 494 g/mol. The molecule has 0 spiro atoms. The smallest absolute Gasteiger partial charge is 0.296 e. The number of Topliss-reactive ketones (excluding diaryl/α,β-unsaturated/α-hetero) is 1. The molecule has 1 aliphatic heterocycles. The molecule has 1 aliphatic rings. The maximum absolute atomic E-state index is 13.2. The minimum Gasteiger partial charge on any atom is -0.507 e. The van der Waals surface area contributed by atoms with Crippen LogP contribution < -0.4 is 4.74 Å². The Balaban J connectivity index is 1.46. The van der Waals surface area contributed by atoms with E-state index in [4.69, 9.17) is 9.15 Å². The average Bonchev–Trinajstić information content (AvgIpc) is 3.45. The van der Waals surface area contributed by atoms with Gasteiger partial charge in [-0.1, -0.05) is 30.3 Å². The van der Waals surface area contributed by atoms with Crippen molar-refractivity contribution in [3.63, 3.8) is 0 Å². The van der Waals surface area contributed by atoms with E-state index < -0.39 is 17.7 Å². The van der Waals surface area contributed by atoms with Crippen molar-refractivity contribution in [2.75, 3.05) is 0 Å². The third-order valence-corrected chi connectivity index (χ3v) is 6.43. The number of nitrogens with zero attached hydrogens (tertiary/aromatic N) is 2. The van der Waals surface area contributed by atoms with E-state index >= 15 is 0 Å². The lowest BCUT2D eigenvalue weighted by molar-refractivity contribution is -0.140. The Morgan fingerprint density at radius 1 is 1.00 bits per heavy atom. The van der Waals surface area contributed by atoms with Gasteiger partial charge in [0.15, 0.2) is 0 Å². The number of benzene rings is 2. The zero-order valence-corrected chi connectivity index (χ0v) is 20.5. The van der Waals surface area contributed by atoms with Crippen molar-refractivity contribution in [3.05, 3.63) is 125 Å². The highest BCUT2D eigenvalue weighted by molar-refractivity contribution is 6.46. The van der Waals surface area contributed by atoms with E-state index in [0.29, 0.717) is 29.4 Å². The van der Waals surface area contributed by atoms with Crippen molar-refractivity contribution in [3.8, 4) is 5.75 Å². The standard InChI is InChI=1S/C30H26N2O5/c1-19-6-3-4-8-23(19)18-36-24-12-10-22(11-13-24)28(33)26-27(25-14-9-20(2)37-25)32(30(35)29(26)34)17-21-7-5-15-31-16-21/h3-16,27,33H,17-18H2,1-2H3/b28-26-. The Hall–Kier alpha value is -4.65. The van der Waals surface area contributed by atoms with Crippen LogP contribution in [0.4, 0.5) is 0 Å². The number of amides is 1. The number of rotatable bonds is 7. The average molecular weight is 495 g/mol. The summed E-state index contributed by atoms with van der Waals surface area (Å²) < 4.78 is 11.7. The second-order valence-electron chi connectivity index (χ2n) is 8.98. The first kappa shape index (κ1) is 24.1. The predicted octanol–water partition coefficient (Wildman–Crippen LogP) is 5.49. The zero-order chi connectivity index (χ0) is 25.9. The lowest BCUT2D eigenvalue weighted by Gasteiger charge is -2.23. The van der Waals surface area contributed by atoms with Gasteiger partial charge in [-0.25, -0.2) is 0 Å². The van der Waals surface area contributed by atoms with Crippen LogP contribution in [0.5, 0.6) is 5.75 Å². The van der Waals surface area contributed by atoms with Crippen LogP contribution in [0.2, 0.25) is 0 Å². The van der Waals surface area contributed by atoms with Crippen molar-refractivity contribution >= 4 is 17.4 Å². The fourth-order valence-corrected chi connectivity index (χ4v) is 4.43. The third-order valence-electron chi connectivity index (χ3n) is 6.43. The molecule has 1 N–H and O–H groups in total. The molecule has 3 heterocycles. The normalized spacial score (nSPS) is 16.8. The molecule has 0 saturated carbocycles. The maximum atomic E-state index is 13.2. The molecule has 2 aromatic heterocycles. The van der Waals surface area contributed by atoms with Gasteiger partial charge in [0, 0.05) is 24.5 Å². The Labute approximate surface area is 214 Å². The largest absolute Gasteiger partial charge is 0.507 e. The summed E-state index contributed by atoms with van der Waals surface area (Å²) in [6.07, 6.45) is 3.28. The number of carbonyl (C=O) groups is 2. The summed E-state index contributed by atoms with van der Waals surface area (Å²) in [6, 6.07) is 21.0. The maximum Gasteiger partial charge on any atom is 0.296 e. The second kappa shape index (κ2) is 10.1. The molecular formula is C30H26N2O5. The van der Waals surface area contributed by atoms with Crippen LogP contribution in [0.15, 0.2) is 95.2 Å². The van der Waals surface area contributed by atoms with Gasteiger partial charge in [-0.15, -0.1) is 0 Å². The van der Waals surface area contributed by atoms with Crippen molar-refractivity contribution in [1.82, 2.24) is 9.88 Å². The SMILES string of the molecule is Cc1ccc(C2/C(=C(/O)c3ccc(OCc4ccccc4C)cc3)C(=O)C(=O)N2Cc2cccnc2)o1. The lowest BCUT2D eigenvalue weighted by Crippen LogP contribution is -2.29. The van der Waals surface area contributed by atoms with Gasteiger partial charge in [0.2, 0.25) is 0 Å². The Kier molecular flexibility index (Phi) is 6.60. The third kappa shape index (κ3) is 4.89. The Morgan fingerprint density at radius 2 is 1.78 bits per heavy atom. The van der Waals surface area contributed by atoms with E-state index in [9.17, 15) is 14.7 Å². The minimum atomic E-state index is -0.870. The number of hydrogen-bond donors (Lipinski definition) is 1. The van der Waals surface area contributed by atoms with Crippen molar-refractivity contribution < 1.29 is 23.8 Å². The van der Waals surface area contributed by atoms with Gasteiger partial charge in [0.05, 0.1) is 5.57 Å². The quantitative estimate of drug-likeness (QED) is 0.207. The molecule has 2 aromatic carbocycles. The van der Waals surface area contributed by atoms with Crippen LogP contribution in [-0.4, -0.2) is 26.7 Å². The van der Waals surface area contributed by atoms with Gasteiger partial charge in [-0.2, -0.15) is 0 Å². The molecule has 37 heavy (non-hydrogen) atoms. The molecular weight excluding hydrogens is 468 g/mol. The van der Waals surface area contributed by atoms with E-state index in [1.807, 2.05) is 37.3 Å². The van der Waals surface area contributed by atoms with Crippen molar-refractivity contribution in [1.29, 1.82) is 0 Å². The summed E-state index contributed by atoms with van der Waals surface area (Å²) in [5, 5.41) is 11.3. The van der Waals surface area contributed by atoms with E-state index in [1.54, 1.807) is 61.8 Å². The molecule has 4 aromatic rings. The number of aliphatic hydroxyl groups excluding tert-OH is 1. The van der Waals surface area contributed by atoms with Gasteiger partial charge < -0.3 is 19.2 Å². The summed E-state index contributed by atoms with van der Waals surface area (Å²) in [5.41, 5.74) is 3.36. The van der Waals surface area contributed by atoms with Gasteiger partial charge in [-0.05, 0) is 73.0 Å². The molecule has 0 bridgehead atoms. The van der Waals surface area contributed by atoms with Crippen LogP contribution in [0.3, 0.4) is 0 Å². The summed E-state index contributed by atoms with van der Waals surface area (Å²) in [5.74, 6) is -0.0769. The minimum absolute atomic E-state index is 0.0168. The first-order valence-electron chi connectivity index (χ1n) is 11.9. The number of pyridine rings is 1. The number of aliphatic hydroxyl groups is 1. The first-order valence-corrected chi connectivity index (χ1v) is 11.9. The van der Waals surface area contributed by atoms with Crippen LogP contribution in [0, 0.1) is 13.8 Å². The number of aryl methyl sites for hydroxylation is 2. The molecule has 7 heteroatoms. The number of ketones is 1. The fourth-order valence-electron chi connectivity index (χ4n) is 4.43. The van der Waals surface area contributed by atoms with Crippen LogP contribution in [0.25, 0.3) is 5.76 Å². The topological polar surface area (TPSA) is 92.9 Å². The second-order valence-corrected chi connectivity index (χ2v) is 8.98. The molecule has 1 saturated heterocycles. The Morgan fingerprint density at radius 3 is 2.46 bits per heavy atom. The molecule has 1 atom stereocenters. The number of furan rings is 1. The van der Waals surface area contributed by atoms with Gasteiger partial charge in [0.25, 0.3) is 11.7 Å². The Bertz CT molecular complexity index is 1470. The summed E-state index contributed by atoms with van der Waals surface area (Å²) >= 11 is 0. The highest BCUT2D eigenvalue weighted by Gasteiger charge is 2.47. The van der Waals surface area contributed by atoms with Crippen LogP contribution >= 0.6 is 0 Å². The predicted molar refractivity (Wildman–Crippen MR) is 137 cm³/mol. The van der Waals surface area contributed by atoms with E-state index in [-0.39, 0.29) is 17.9 Å². The van der Waals surface area contributed by atoms with Crippen molar-refractivity contribution in [2.45, 2.75) is 33.0 Å². The highest BCUT2D eigenvalue weighted by atomic mass is 16.5. The molecule has 0 radical (unpaired) electrons. The molecule has 7 nitrogen and oxygen atoms in total. The number of ether oxygens (including phenoxy) is 1. The van der Waals surface area contributed by atoms with E-state index in [2.05, 4.69) is 4.98 Å². The zero-order valence-electron chi connectivity index (χ0n) is 20.5. The lowest BCUT2D eigenvalue weighted by atomic mass is 9.99. The first-order chi connectivity index (χ1) is 17.9.